The van der Waals surface area contributed by atoms with Gasteiger partial charge in [0.15, 0.2) is 0 Å². The van der Waals surface area contributed by atoms with E-state index in [1.165, 1.54) is 6.20 Å². The predicted octanol–water partition coefficient (Wildman–Crippen LogP) is 2.16. The molecule has 6 heteroatoms. The topological polar surface area (TPSA) is 74.3 Å². The highest BCUT2D eigenvalue weighted by molar-refractivity contribution is 6.04. The molecule has 1 aliphatic heterocycles. The number of likely N-dealkylation sites (tertiary alicyclic amines) is 1. The van der Waals surface area contributed by atoms with Crippen LogP contribution in [0.25, 0.3) is 0 Å². The molecule has 1 aromatic heterocycles. The summed E-state index contributed by atoms with van der Waals surface area (Å²) in [5, 5.41) is 5.88. The fraction of sp³-hybridized carbons (Fsp3) is 0.316. The summed E-state index contributed by atoms with van der Waals surface area (Å²) < 4.78 is 0. The van der Waals surface area contributed by atoms with Crippen molar-refractivity contribution in [3.63, 3.8) is 0 Å². The summed E-state index contributed by atoms with van der Waals surface area (Å²) in [5.41, 5.74) is 1.73. The van der Waals surface area contributed by atoms with Gasteiger partial charge in [0.05, 0.1) is 5.56 Å². The Labute approximate surface area is 147 Å². The minimum atomic E-state index is -0.225. The van der Waals surface area contributed by atoms with Crippen molar-refractivity contribution >= 4 is 17.5 Å². The van der Waals surface area contributed by atoms with Crippen LogP contribution < -0.4 is 10.6 Å². The molecule has 0 atom stereocenters. The highest BCUT2D eigenvalue weighted by Crippen LogP contribution is 2.13. The summed E-state index contributed by atoms with van der Waals surface area (Å²) in [5.74, 6) is -0.295. The Balaban J connectivity index is 1.56. The molecule has 0 aliphatic carbocycles. The lowest BCUT2D eigenvalue weighted by molar-refractivity contribution is 0.0916. The number of rotatable bonds is 4. The average Bonchev–Trinajstić information content (AvgIpc) is 2.65. The first-order chi connectivity index (χ1) is 12.1. The molecule has 0 saturated carbocycles. The summed E-state index contributed by atoms with van der Waals surface area (Å²) in [7, 11) is 2.09. The summed E-state index contributed by atoms with van der Waals surface area (Å²) in [6.07, 6.45) is 5.08. The van der Waals surface area contributed by atoms with Crippen LogP contribution in [-0.4, -0.2) is 47.9 Å². The normalized spacial score (nSPS) is 15.6. The Morgan fingerprint density at radius 2 is 1.76 bits per heavy atom. The number of amides is 2. The van der Waals surface area contributed by atoms with Crippen LogP contribution in [0, 0.1) is 0 Å². The molecule has 6 nitrogen and oxygen atoms in total. The van der Waals surface area contributed by atoms with Crippen LogP contribution in [0.15, 0.2) is 48.8 Å². The van der Waals surface area contributed by atoms with E-state index in [0.29, 0.717) is 16.8 Å². The zero-order chi connectivity index (χ0) is 17.6. The highest BCUT2D eigenvalue weighted by atomic mass is 16.2. The fourth-order valence-corrected chi connectivity index (χ4v) is 2.83. The minimum absolute atomic E-state index is 0.0697. The van der Waals surface area contributed by atoms with Gasteiger partial charge in [0.2, 0.25) is 0 Å². The van der Waals surface area contributed by atoms with Crippen LogP contribution in [0.5, 0.6) is 0 Å². The Morgan fingerprint density at radius 3 is 2.40 bits per heavy atom. The summed E-state index contributed by atoms with van der Waals surface area (Å²) in [4.78, 5) is 30.6. The molecule has 1 aromatic carbocycles. The number of nitrogens with zero attached hydrogens (tertiary/aromatic N) is 2. The molecule has 1 saturated heterocycles. The van der Waals surface area contributed by atoms with Crippen molar-refractivity contribution in [2.75, 3.05) is 25.5 Å². The first-order valence-corrected chi connectivity index (χ1v) is 8.42. The first-order valence-electron chi connectivity index (χ1n) is 8.42. The predicted molar refractivity (Wildman–Crippen MR) is 96.6 cm³/mol. The molecule has 25 heavy (non-hydrogen) atoms. The molecule has 1 fully saturated rings. The van der Waals surface area contributed by atoms with Gasteiger partial charge in [-0.1, -0.05) is 0 Å². The van der Waals surface area contributed by atoms with Gasteiger partial charge < -0.3 is 15.5 Å². The van der Waals surface area contributed by atoms with Gasteiger partial charge in [-0.3, -0.25) is 14.6 Å². The Bertz CT molecular complexity index is 723. The van der Waals surface area contributed by atoms with Crippen LogP contribution in [0.4, 0.5) is 5.69 Å². The molecule has 3 rings (SSSR count). The molecule has 2 amide bonds. The van der Waals surface area contributed by atoms with Crippen molar-refractivity contribution < 1.29 is 9.59 Å². The maximum atomic E-state index is 12.3. The number of piperidine rings is 1. The van der Waals surface area contributed by atoms with Crippen molar-refractivity contribution in [2.24, 2.45) is 0 Å². The van der Waals surface area contributed by atoms with E-state index in [-0.39, 0.29) is 17.9 Å². The number of hydrogen-bond donors (Lipinski definition) is 2. The molecule has 2 heterocycles. The lowest BCUT2D eigenvalue weighted by Gasteiger charge is -2.29. The van der Waals surface area contributed by atoms with Crippen LogP contribution in [0.1, 0.15) is 33.6 Å². The largest absolute Gasteiger partial charge is 0.349 e. The molecular formula is C19H22N4O2. The Hall–Kier alpha value is -2.73. The lowest BCUT2D eigenvalue weighted by atomic mass is 10.0. The molecule has 0 unspecified atom stereocenters. The van der Waals surface area contributed by atoms with E-state index in [9.17, 15) is 9.59 Å². The molecule has 2 aromatic rings. The molecule has 0 radical (unpaired) electrons. The van der Waals surface area contributed by atoms with Gasteiger partial charge in [-0.15, -0.1) is 0 Å². The maximum Gasteiger partial charge on any atom is 0.257 e. The van der Waals surface area contributed by atoms with Gasteiger partial charge in [-0.2, -0.15) is 0 Å². The van der Waals surface area contributed by atoms with Crippen molar-refractivity contribution in [3.8, 4) is 0 Å². The van der Waals surface area contributed by atoms with E-state index >= 15 is 0 Å². The summed E-state index contributed by atoms with van der Waals surface area (Å²) in [6.45, 7) is 2.01. The third kappa shape index (κ3) is 4.64. The third-order valence-corrected chi connectivity index (χ3v) is 4.38. The number of benzene rings is 1. The highest BCUT2D eigenvalue weighted by Gasteiger charge is 2.19. The van der Waals surface area contributed by atoms with Gasteiger partial charge in [0, 0.05) is 29.7 Å². The molecule has 0 spiro atoms. The number of carbonyl (C=O) groups excluding carboxylic acids is 2. The monoisotopic (exact) mass is 338 g/mol. The standard InChI is InChI=1S/C19H22N4O2/c1-23-11-8-17(9-12-23)22-18(24)14-4-6-16(7-5-14)21-19(25)15-3-2-10-20-13-15/h2-7,10,13,17H,8-9,11-12H2,1H3,(H,21,25)(H,22,24). The zero-order valence-corrected chi connectivity index (χ0v) is 14.2. The molecule has 0 bridgehead atoms. The average molecular weight is 338 g/mol. The van der Waals surface area contributed by atoms with Crippen molar-refractivity contribution in [2.45, 2.75) is 18.9 Å². The van der Waals surface area contributed by atoms with Crippen LogP contribution in [-0.2, 0) is 0 Å². The van der Waals surface area contributed by atoms with Crippen LogP contribution >= 0.6 is 0 Å². The van der Waals surface area contributed by atoms with E-state index in [1.807, 2.05) is 0 Å². The smallest absolute Gasteiger partial charge is 0.257 e. The van der Waals surface area contributed by atoms with E-state index in [4.69, 9.17) is 0 Å². The van der Waals surface area contributed by atoms with E-state index < -0.39 is 0 Å². The van der Waals surface area contributed by atoms with Crippen molar-refractivity contribution in [1.82, 2.24) is 15.2 Å². The van der Waals surface area contributed by atoms with E-state index in [0.717, 1.165) is 25.9 Å². The number of carbonyl (C=O) groups is 2. The summed E-state index contributed by atoms with van der Waals surface area (Å²) >= 11 is 0. The zero-order valence-electron chi connectivity index (χ0n) is 14.2. The molecule has 1 aliphatic rings. The second-order valence-corrected chi connectivity index (χ2v) is 6.32. The van der Waals surface area contributed by atoms with Crippen molar-refractivity contribution in [3.05, 3.63) is 59.9 Å². The van der Waals surface area contributed by atoms with Gasteiger partial charge in [0.1, 0.15) is 0 Å². The molecule has 130 valence electrons. The van der Waals surface area contributed by atoms with Gasteiger partial charge in [0.25, 0.3) is 11.8 Å². The Morgan fingerprint density at radius 1 is 1.04 bits per heavy atom. The fourth-order valence-electron chi connectivity index (χ4n) is 2.83. The number of anilines is 1. The SMILES string of the molecule is CN1CCC(NC(=O)c2ccc(NC(=O)c3cccnc3)cc2)CC1. The van der Waals surface area contributed by atoms with Crippen molar-refractivity contribution in [1.29, 1.82) is 0 Å². The maximum absolute atomic E-state index is 12.3. The second-order valence-electron chi connectivity index (χ2n) is 6.32. The number of nitrogens with one attached hydrogen (secondary N) is 2. The summed E-state index contributed by atoms with van der Waals surface area (Å²) in [6, 6.07) is 10.6. The van der Waals surface area contributed by atoms with Gasteiger partial charge in [-0.25, -0.2) is 0 Å². The van der Waals surface area contributed by atoms with Gasteiger partial charge in [-0.05, 0) is 69.4 Å². The number of pyridine rings is 1. The minimum Gasteiger partial charge on any atom is -0.349 e. The lowest BCUT2D eigenvalue weighted by Crippen LogP contribution is -2.43. The second kappa shape index (κ2) is 7.90. The number of aromatic nitrogens is 1. The molecular weight excluding hydrogens is 316 g/mol. The van der Waals surface area contributed by atoms with Crippen LogP contribution in [0.3, 0.4) is 0 Å². The van der Waals surface area contributed by atoms with Crippen LogP contribution in [0.2, 0.25) is 0 Å². The van der Waals surface area contributed by atoms with E-state index in [1.54, 1.807) is 42.6 Å². The van der Waals surface area contributed by atoms with Gasteiger partial charge >= 0.3 is 0 Å². The Kier molecular flexibility index (Phi) is 5.40. The first kappa shape index (κ1) is 17.1. The van der Waals surface area contributed by atoms with E-state index in [2.05, 4.69) is 27.6 Å². The third-order valence-electron chi connectivity index (χ3n) is 4.38. The number of hydrogen-bond acceptors (Lipinski definition) is 4. The quantitative estimate of drug-likeness (QED) is 0.896. The molecule has 2 N–H and O–H groups in total.